The summed E-state index contributed by atoms with van der Waals surface area (Å²) in [5, 5.41) is 2.78. The van der Waals surface area contributed by atoms with Gasteiger partial charge in [0.05, 0.1) is 11.9 Å². The lowest BCUT2D eigenvalue weighted by Gasteiger charge is -2.22. The van der Waals surface area contributed by atoms with Gasteiger partial charge in [-0.1, -0.05) is 18.2 Å². The summed E-state index contributed by atoms with van der Waals surface area (Å²) in [5.74, 6) is 0.684. The van der Waals surface area contributed by atoms with Gasteiger partial charge in [0.1, 0.15) is 17.3 Å². The van der Waals surface area contributed by atoms with Crippen molar-refractivity contribution in [3.05, 3.63) is 84.7 Å². The van der Waals surface area contributed by atoms with Crippen LogP contribution in [0.2, 0.25) is 0 Å². The molecule has 0 spiro atoms. The Balaban J connectivity index is 1.51. The van der Waals surface area contributed by atoms with E-state index < -0.39 is 15.8 Å². The van der Waals surface area contributed by atoms with Crippen LogP contribution < -0.4 is 14.4 Å². The van der Waals surface area contributed by atoms with Gasteiger partial charge in [-0.2, -0.15) is 0 Å². The summed E-state index contributed by atoms with van der Waals surface area (Å²) in [4.78, 5) is 12.2. The van der Waals surface area contributed by atoms with Gasteiger partial charge in [-0.05, 0) is 67.1 Å². The highest BCUT2D eigenvalue weighted by atomic mass is 32.2. The summed E-state index contributed by atoms with van der Waals surface area (Å²) in [5.41, 5.74) is 0.974. The average Bonchev–Trinajstić information content (AvgIpc) is 2.73. The molecule has 3 rings (SSSR count). The molecule has 3 aromatic carbocycles. The normalized spacial score (nSPS) is 11.0. The van der Waals surface area contributed by atoms with Gasteiger partial charge >= 0.3 is 0 Å². The summed E-state index contributed by atoms with van der Waals surface area (Å²) in [6.45, 7) is 0.113. The Kier molecular flexibility index (Phi) is 7.25. The molecule has 1 N–H and O–H groups in total. The monoisotopic (exact) mass is 442 g/mol. The zero-order valence-corrected chi connectivity index (χ0v) is 17.8. The molecule has 31 heavy (non-hydrogen) atoms. The van der Waals surface area contributed by atoms with E-state index in [9.17, 15) is 17.6 Å². The van der Waals surface area contributed by atoms with Crippen molar-refractivity contribution < 1.29 is 22.3 Å². The van der Waals surface area contributed by atoms with E-state index in [1.54, 1.807) is 24.3 Å². The highest BCUT2D eigenvalue weighted by Gasteiger charge is 2.17. The number of hydrogen-bond donors (Lipinski definition) is 1. The number of halogens is 1. The summed E-state index contributed by atoms with van der Waals surface area (Å²) in [7, 11) is -3.55. The fourth-order valence-corrected chi connectivity index (χ4v) is 3.90. The van der Waals surface area contributed by atoms with Crippen LogP contribution in [-0.2, 0) is 14.8 Å². The maximum atomic E-state index is 13.1. The molecule has 0 aromatic heterocycles. The van der Waals surface area contributed by atoms with Crippen molar-refractivity contribution in [2.45, 2.75) is 12.8 Å². The predicted octanol–water partition coefficient (Wildman–Crippen LogP) is 4.80. The predicted molar refractivity (Wildman–Crippen MR) is 119 cm³/mol. The van der Waals surface area contributed by atoms with Crippen molar-refractivity contribution in [1.82, 2.24) is 0 Å². The van der Waals surface area contributed by atoms with Gasteiger partial charge in [-0.3, -0.25) is 9.10 Å². The van der Waals surface area contributed by atoms with Crippen molar-refractivity contribution in [3.63, 3.8) is 0 Å². The number of hydrogen-bond acceptors (Lipinski definition) is 4. The number of anilines is 2. The van der Waals surface area contributed by atoms with Gasteiger partial charge in [-0.25, -0.2) is 12.8 Å². The third kappa shape index (κ3) is 6.82. The number of nitrogens with zero attached hydrogens (tertiary/aromatic N) is 1. The first-order chi connectivity index (χ1) is 14.8. The van der Waals surface area contributed by atoms with E-state index in [2.05, 4.69) is 5.32 Å². The van der Waals surface area contributed by atoms with Gasteiger partial charge in [-0.15, -0.1) is 0 Å². The first-order valence-electron chi connectivity index (χ1n) is 9.67. The van der Waals surface area contributed by atoms with Crippen LogP contribution in [0.4, 0.5) is 15.8 Å². The Labute approximate surface area is 181 Å². The molecule has 0 aliphatic heterocycles. The van der Waals surface area contributed by atoms with E-state index in [4.69, 9.17) is 4.74 Å². The van der Waals surface area contributed by atoms with Gasteiger partial charge < -0.3 is 10.1 Å². The maximum absolute atomic E-state index is 13.1. The second-order valence-electron chi connectivity index (χ2n) is 6.90. The van der Waals surface area contributed by atoms with Crippen molar-refractivity contribution in [1.29, 1.82) is 0 Å². The Morgan fingerprint density at radius 1 is 0.935 bits per heavy atom. The van der Waals surface area contributed by atoms with E-state index in [0.29, 0.717) is 23.5 Å². The number of rotatable bonds is 9. The molecule has 8 heteroatoms. The van der Waals surface area contributed by atoms with E-state index in [0.717, 1.165) is 16.3 Å². The van der Waals surface area contributed by atoms with E-state index in [-0.39, 0.29) is 18.9 Å². The molecule has 0 heterocycles. The molecule has 0 aliphatic rings. The molecule has 1 amide bonds. The molecule has 0 unspecified atom stereocenters. The summed E-state index contributed by atoms with van der Waals surface area (Å²) < 4.78 is 44.1. The first kappa shape index (κ1) is 22.3. The number of carbonyl (C=O) groups is 1. The number of sulfonamides is 1. The van der Waals surface area contributed by atoms with Crippen molar-refractivity contribution in [3.8, 4) is 11.5 Å². The van der Waals surface area contributed by atoms with E-state index in [1.165, 1.54) is 24.3 Å². The minimum atomic E-state index is -3.55. The topological polar surface area (TPSA) is 75.7 Å². The quantitative estimate of drug-likeness (QED) is 0.516. The van der Waals surface area contributed by atoms with Crippen LogP contribution >= 0.6 is 0 Å². The fourth-order valence-electron chi connectivity index (χ4n) is 2.93. The van der Waals surface area contributed by atoms with Crippen LogP contribution in [0, 0.1) is 5.82 Å². The smallest absolute Gasteiger partial charge is 0.232 e. The number of para-hydroxylation sites is 1. The number of amides is 1. The van der Waals surface area contributed by atoms with Gasteiger partial charge in [0, 0.05) is 18.7 Å². The molecular weight excluding hydrogens is 419 g/mol. The average molecular weight is 443 g/mol. The van der Waals surface area contributed by atoms with Crippen LogP contribution in [0.3, 0.4) is 0 Å². The molecule has 162 valence electrons. The standard InChI is InChI=1S/C23H23FN2O4S/c1-31(28,29)26(20-13-9-18(24)10-14-20)17-5-8-23(27)25-19-11-15-22(16-12-19)30-21-6-3-2-4-7-21/h2-4,6-7,9-16H,5,8,17H2,1H3,(H,25,27). The van der Waals surface area contributed by atoms with E-state index >= 15 is 0 Å². The number of ether oxygens (including phenoxy) is 1. The van der Waals surface area contributed by atoms with Crippen LogP contribution in [0.15, 0.2) is 78.9 Å². The highest BCUT2D eigenvalue weighted by Crippen LogP contribution is 2.23. The van der Waals surface area contributed by atoms with Crippen LogP contribution in [-0.4, -0.2) is 27.1 Å². The van der Waals surface area contributed by atoms with Gasteiger partial charge in [0.15, 0.2) is 0 Å². The minimum absolute atomic E-state index is 0.113. The lowest BCUT2D eigenvalue weighted by atomic mass is 10.2. The third-order valence-electron chi connectivity index (χ3n) is 4.40. The second-order valence-corrected chi connectivity index (χ2v) is 8.81. The Morgan fingerprint density at radius 3 is 2.16 bits per heavy atom. The molecule has 0 fully saturated rings. The molecule has 0 aliphatic carbocycles. The molecule has 6 nitrogen and oxygen atoms in total. The summed E-state index contributed by atoms with van der Waals surface area (Å²) >= 11 is 0. The molecule has 3 aromatic rings. The molecule has 0 bridgehead atoms. The molecule has 0 saturated heterocycles. The van der Waals surface area contributed by atoms with E-state index in [1.807, 2.05) is 30.3 Å². The second kappa shape index (κ2) is 10.1. The fraction of sp³-hybridized carbons (Fsp3) is 0.174. The van der Waals surface area contributed by atoms with Crippen LogP contribution in [0.5, 0.6) is 11.5 Å². The lowest BCUT2D eigenvalue weighted by Crippen LogP contribution is -2.31. The number of carbonyl (C=O) groups excluding carboxylic acids is 1. The van der Waals surface area contributed by atoms with Crippen molar-refractivity contribution >= 4 is 27.3 Å². The SMILES string of the molecule is CS(=O)(=O)N(CCCC(=O)Nc1ccc(Oc2ccccc2)cc1)c1ccc(F)cc1. The largest absolute Gasteiger partial charge is 0.457 e. The zero-order valence-electron chi connectivity index (χ0n) is 17.0. The van der Waals surface area contributed by atoms with Crippen molar-refractivity contribution in [2.24, 2.45) is 0 Å². The minimum Gasteiger partial charge on any atom is -0.457 e. The molecule has 0 saturated carbocycles. The van der Waals surface area contributed by atoms with Gasteiger partial charge in [0.2, 0.25) is 15.9 Å². The Hall–Kier alpha value is -3.39. The number of benzene rings is 3. The van der Waals surface area contributed by atoms with Crippen molar-refractivity contribution in [2.75, 3.05) is 22.4 Å². The zero-order chi connectivity index (χ0) is 22.3. The Morgan fingerprint density at radius 2 is 1.55 bits per heavy atom. The first-order valence-corrected chi connectivity index (χ1v) is 11.5. The maximum Gasteiger partial charge on any atom is 0.232 e. The summed E-state index contributed by atoms with van der Waals surface area (Å²) in [6.07, 6.45) is 1.52. The van der Waals surface area contributed by atoms with Crippen LogP contribution in [0.1, 0.15) is 12.8 Å². The van der Waals surface area contributed by atoms with Gasteiger partial charge in [0.25, 0.3) is 0 Å². The molecule has 0 radical (unpaired) electrons. The summed E-state index contributed by atoms with van der Waals surface area (Å²) in [6, 6.07) is 21.5. The van der Waals surface area contributed by atoms with Crippen LogP contribution in [0.25, 0.3) is 0 Å². The molecular formula is C23H23FN2O4S. The number of nitrogens with one attached hydrogen (secondary N) is 1. The Bertz CT molecular complexity index is 1100. The third-order valence-corrected chi connectivity index (χ3v) is 5.59. The highest BCUT2D eigenvalue weighted by molar-refractivity contribution is 7.92. The molecule has 0 atom stereocenters. The lowest BCUT2D eigenvalue weighted by molar-refractivity contribution is -0.116.